The summed E-state index contributed by atoms with van der Waals surface area (Å²) in [5, 5.41) is 3.06. The third-order valence-corrected chi connectivity index (χ3v) is 7.38. The number of imide groups is 2. The molecule has 2 aromatic carbocycles. The van der Waals surface area contributed by atoms with E-state index >= 15 is 0 Å². The summed E-state index contributed by atoms with van der Waals surface area (Å²) in [5.74, 6) is -1.31. The first-order chi connectivity index (χ1) is 15.4. The molecule has 172 valence electrons. The molecule has 6 nitrogen and oxygen atoms in total. The Labute approximate surface area is 207 Å². The number of nitrogens with one attached hydrogen (secondary N) is 1. The Morgan fingerprint density at radius 2 is 1.73 bits per heavy atom. The van der Waals surface area contributed by atoms with Crippen LogP contribution in [0.2, 0.25) is 15.1 Å². The van der Waals surface area contributed by atoms with Gasteiger partial charge < -0.3 is 4.90 Å². The molecule has 9 heteroatoms. The monoisotopic (exact) mass is 505 g/mol. The van der Waals surface area contributed by atoms with E-state index in [4.69, 9.17) is 34.8 Å². The van der Waals surface area contributed by atoms with Gasteiger partial charge in [0.05, 0.1) is 15.7 Å². The van der Waals surface area contributed by atoms with Crippen molar-refractivity contribution in [1.82, 2.24) is 5.32 Å². The maximum absolute atomic E-state index is 13.2. The molecule has 0 saturated carbocycles. The minimum absolute atomic E-state index is 0.0321. The van der Waals surface area contributed by atoms with Crippen LogP contribution < -0.4 is 15.1 Å². The predicted molar refractivity (Wildman–Crippen MR) is 132 cm³/mol. The largest absolute Gasteiger partial charge is 0.369 e. The van der Waals surface area contributed by atoms with Crippen molar-refractivity contribution < 1.29 is 14.4 Å². The molecular weight excluding hydrogens is 485 g/mol. The number of hydrogen-bond acceptors (Lipinski definition) is 4. The van der Waals surface area contributed by atoms with Crippen LogP contribution >= 0.6 is 34.8 Å². The second kappa shape index (κ2) is 8.35. The summed E-state index contributed by atoms with van der Waals surface area (Å²) in [6.07, 6.45) is 2.36. The second-order valence-corrected chi connectivity index (χ2v) is 10.2. The predicted octanol–water partition coefficient (Wildman–Crippen LogP) is 6.04. The first-order valence-corrected chi connectivity index (χ1v) is 11.5. The van der Waals surface area contributed by atoms with Gasteiger partial charge in [0.25, 0.3) is 11.8 Å². The Balaban J connectivity index is 1.77. The molecule has 2 aromatic rings. The Kier molecular flexibility index (Phi) is 5.97. The molecule has 0 aliphatic carbocycles. The van der Waals surface area contributed by atoms with Gasteiger partial charge in [-0.25, -0.2) is 9.69 Å². The highest BCUT2D eigenvalue weighted by atomic mass is 35.5. The van der Waals surface area contributed by atoms with E-state index < -0.39 is 17.8 Å². The fraction of sp³-hybridized carbons (Fsp3) is 0.292. The molecule has 4 amide bonds. The van der Waals surface area contributed by atoms with Crippen molar-refractivity contribution in [3.63, 3.8) is 0 Å². The van der Waals surface area contributed by atoms with E-state index in [0.717, 1.165) is 22.6 Å². The molecule has 33 heavy (non-hydrogen) atoms. The van der Waals surface area contributed by atoms with E-state index in [1.54, 1.807) is 0 Å². The SMILES string of the molecule is CC1CC(C)(C)N(C)c2cc(Cl)c(/C=C3/C(=O)NC(=O)N(c4ccc(Cl)c(Cl)c4)C3=O)cc21. The maximum Gasteiger partial charge on any atom is 0.335 e. The number of rotatable bonds is 2. The number of carbonyl (C=O) groups excluding carboxylic acids is 3. The third-order valence-electron chi connectivity index (χ3n) is 6.31. The molecule has 0 spiro atoms. The molecule has 1 atom stereocenters. The van der Waals surface area contributed by atoms with Gasteiger partial charge in [0.2, 0.25) is 0 Å². The highest BCUT2D eigenvalue weighted by Crippen LogP contribution is 2.44. The number of fused-ring (bicyclic) bond motifs is 1. The Morgan fingerprint density at radius 1 is 1.03 bits per heavy atom. The van der Waals surface area contributed by atoms with Crippen molar-refractivity contribution in [2.75, 3.05) is 16.8 Å². The number of benzene rings is 2. The average Bonchev–Trinajstić information content (AvgIpc) is 2.72. The van der Waals surface area contributed by atoms with Crippen LogP contribution in [0.15, 0.2) is 35.9 Å². The van der Waals surface area contributed by atoms with E-state index in [1.807, 2.05) is 19.2 Å². The zero-order chi connectivity index (χ0) is 24.2. The number of hydrogen-bond donors (Lipinski definition) is 1. The van der Waals surface area contributed by atoms with Gasteiger partial charge in [-0.05, 0) is 73.7 Å². The van der Waals surface area contributed by atoms with Crippen LogP contribution in [0.25, 0.3) is 6.08 Å². The normalized spacial score (nSPS) is 21.4. The molecule has 4 rings (SSSR count). The van der Waals surface area contributed by atoms with Crippen molar-refractivity contribution in [2.24, 2.45) is 0 Å². The molecular formula is C24H22Cl3N3O3. The topological polar surface area (TPSA) is 69.7 Å². The van der Waals surface area contributed by atoms with Gasteiger partial charge >= 0.3 is 6.03 Å². The summed E-state index contributed by atoms with van der Waals surface area (Å²) in [4.78, 5) is 41.3. The lowest BCUT2D eigenvalue weighted by Crippen LogP contribution is -2.54. The maximum atomic E-state index is 13.2. The fourth-order valence-corrected chi connectivity index (χ4v) is 4.89. The molecule has 1 fully saturated rings. The lowest BCUT2D eigenvalue weighted by Gasteiger charge is -2.45. The van der Waals surface area contributed by atoms with Gasteiger partial charge in [0, 0.05) is 23.3 Å². The van der Waals surface area contributed by atoms with Crippen LogP contribution in [0.1, 0.15) is 44.2 Å². The number of anilines is 2. The van der Waals surface area contributed by atoms with Crippen molar-refractivity contribution >= 4 is 70.1 Å². The minimum atomic E-state index is -0.866. The lowest BCUT2D eigenvalue weighted by atomic mass is 9.80. The van der Waals surface area contributed by atoms with Crippen LogP contribution in [0.4, 0.5) is 16.2 Å². The Morgan fingerprint density at radius 3 is 2.39 bits per heavy atom. The van der Waals surface area contributed by atoms with Crippen molar-refractivity contribution in [3.05, 3.63) is 62.1 Å². The zero-order valence-electron chi connectivity index (χ0n) is 18.5. The number of amides is 4. The summed E-state index contributed by atoms with van der Waals surface area (Å²) in [7, 11) is 2.03. The molecule has 2 heterocycles. The second-order valence-electron chi connectivity index (χ2n) is 8.97. The molecule has 0 radical (unpaired) electrons. The van der Waals surface area contributed by atoms with Crippen molar-refractivity contribution in [1.29, 1.82) is 0 Å². The summed E-state index contributed by atoms with van der Waals surface area (Å²) in [5.41, 5.74) is 2.57. The average molecular weight is 507 g/mol. The van der Waals surface area contributed by atoms with Crippen LogP contribution in [0.3, 0.4) is 0 Å². The van der Waals surface area contributed by atoms with Gasteiger partial charge in [-0.2, -0.15) is 0 Å². The van der Waals surface area contributed by atoms with Gasteiger partial charge in [-0.1, -0.05) is 41.7 Å². The third kappa shape index (κ3) is 4.12. The molecule has 0 aromatic heterocycles. The highest BCUT2D eigenvalue weighted by molar-refractivity contribution is 6.43. The standard InChI is InChI=1S/C24H22Cl3N3O3/c1-12-11-24(2,3)29(4)20-10-18(26)13(7-15(12)20)8-16-21(31)28-23(33)30(22(16)32)14-5-6-17(25)19(27)9-14/h5-10,12H,11H2,1-4H3,(H,28,31,33)/b16-8-. The Bertz CT molecular complexity index is 1240. The summed E-state index contributed by atoms with van der Waals surface area (Å²) >= 11 is 18.6. The van der Waals surface area contributed by atoms with Crippen LogP contribution in [-0.2, 0) is 9.59 Å². The van der Waals surface area contributed by atoms with Crippen LogP contribution in [0, 0.1) is 0 Å². The lowest BCUT2D eigenvalue weighted by molar-refractivity contribution is -0.122. The summed E-state index contributed by atoms with van der Waals surface area (Å²) in [6, 6.07) is 7.23. The van der Waals surface area contributed by atoms with E-state index in [1.165, 1.54) is 24.3 Å². The number of halogens is 3. The minimum Gasteiger partial charge on any atom is -0.369 e. The van der Waals surface area contributed by atoms with E-state index in [0.29, 0.717) is 10.6 Å². The van der Waals surface area contributed by atoms with E-state index in [2.05, 4.69) is 31.0 Å². The molecule has 2 aliphatic rings. The van der Waals surface area contributed by atoms with E-state index in [-0.39, 0.29) is 32.8 Å². The molecule has 1 unspecified atom stereocenters. The molecule has 1 saturated heterocycles. The summed E-state index contributed by atoms with van der Waals surface area (Å²) in [6.45, 7) is 6.49. The van der Waals surface area contributed by atoms with Gasteiger partial charge in [-0.15, -0.1) is 0 Å². The molecule has 2 aliphatic heterocycles. The fourth-order valence-electron chi connectivity index (χ4n) is 4.39. The zero-order valence-corrected chi connectivity index (χ0v) is 20.8. The molecule has 1 N–H and O–H groups in total. The first kappa shape index (κ1) is 23.6. The van der Waals surface area contributed by atoms with E-state index in [9.17, 15) is 14.4 Å². The smallest absolute Gasteiger partial charge is 0.335 e. The van der Waals surface area contributed by atoms with Gasteiger partial charge in [0.1, 0.15) is 5.57 Å². The van der Waals surface area contributed by atoms with Gasteiger partial charge in [-0.3, -0.25) is 14.9 Å². The quantitative estimate of drug-likeness (QED) is 0.398. The van der Waals surface area contributed by atoms with Gasteiger partial charge in [0.15, 0.2) is 0 Å². The number of nitrogens with zero attached hydrogens (tertiary/aromatic N) is 2. The number of urea groups is 1. The number of barbiturate groups is 1. The number of carbonyl (C=O) groups is 3. The highest BCUT2D eigenvalue weighted by Gasteiger charge is 2.38. The van der Waals surface area contributed by atoms with Crippen LogP contribution in [-0.4, -0.2) is 30.4 Å². The van der Waals surface area contributed by atoms with Crippen molar-refractivity contribution in [2.45, 2.75) is 38.6 Å². The van der Waals surface area contributed by atoms with Crippen molar-refractivity contribution in [3.8, 4) is 0 Å². The summed E-state index contributed by atoms with van der Waals surface area (Å²) < 4.78 is 0. The first-order valence-electron chi connectivity index (χ1n) is 10.3. The van der Waals surface area contributed by atoms with Crippen LogP contribution in [0.5, 0.6) is 0 Å². The Hall–Kier alpha value is -2.54. The molecule has 0 bridgehead atoms.